The van der Waals surface area contributed by atoms with Crippen LogP contribution in [-0.4, -0.2) is 17.3 Å². The van der Waals surface area contributed by atoms with Crippen molar-refractivity contribution in [3.8, 4) is 0 Å². The number of carbonyl (C=O) groups excluding carboxylic acids is 1. The van der Waals surface area contributed by atoms with Crippen LogP contribution in [-0.2, 0) is 0 Å². The first-order chi connectivity index (χ1) is 8.06. The zero-order valence-electron chi connectivity index (χ0n) is 10.3. The van der Waals surface area contributed by atoms with Gasteiger partial charge in [0, 0.05) is 11.4 Å². The lowest BCUT2D eigenvalue weighted by atomic mass is 9.95. The molecule has 1 aliphatic carbocycles. The van der Waals surface area contributed by atoms with Crippen molar-refractivity contribution >= 4 is 17.5 Å². The minimum Gasteiger partial charge on any atom is -0.466 e. The number of rotatable bonds is 2. The van der Waals surface area contributed by atoms with E-state index in [1.54, 1.807) is 6.07 Å². The third-order valence-electron chi connectivity index (χ3n) is 3.28. The fourth-order valence-corrected chi connectivity index (χ4v) is 2.57. The molecule has 1 heterocycles. The van der Waals surface area contributed by atoms with Gasteiger partial charge in [-0.2, -0.15) is 0 Å². The first-order valence-electron chi connectivity index (χ1n) is 6.08. The number of furan rings is 1. The Morgan fingerprint density at radius 1 is 1.35 bits per heavy atom. The fraction of sp³-hybridized carbons (Fsp3) is 0.615. The van der Waals surface area contributed by atoms with E-state index in [1.807, 2.05) is 13.8 Å². The average Bonchev–Trinajstić information content (AvgIpc) is 2.61. The van der Waals surface area contributed by atoms with Crippen LogP contribution in [0.1, 0.15) is 47.6 Å². The van der Waals surface area contributed by atoms with Gasteiger partial charge in [-0.3, -0.25) is 4.79 Å². The van der Waals surface area contributed by atoms with Crippen LogP contribution in [0.5, 0.6) is 0 Å². The Morgan fingerprint density at radius 3 is 2.53 bits per heavy atom. The number of nitrogens with one attached hydrogen (secondary N) is 1. The van der Waals surface area contributed by atoms with Gasteiger partial charge in [-0.15, -0.1) is 11.6 Å². The quantitative estimate of drug-likeness (QED) is 0.825. The van der Waals surface area contributed by atoms with E-state index in [2.05, 4.69) is 5.32 Å². The second kappa shape index (κ2) is 5.13. The summed E-state index contributed by atoms with van der Waals surface area (Å²) in [6, 6.07) is 2.05. The van der Waals surface area contributed by atoms with Crippen LogP contribution in [0.15, 0.2) is 10.5 Å². The van der Waals surface area contributed by atoms with Crippen molar-refractivity contribution in [3.05, 3.63) is 23.2 Å². The Hall–Kier alpha value is -0.960. The second-order valence-electron chi connectivity index (χ2n) is 4.75. The highest BCUT2D eigenvalue weighted by atomic mass is 35.5. The van der Waals surface area contributed by atoms with Crippen molar-refractivity contribution in [1.82, 2.24) is 5.32 Å². The van der Waals surface area contributed by atoms with Gasteiger partial charge in [-0.05, 0) is 45.6 Å². The highest BCUT2D eigenvalue weighted by Crippen LogP contribution is 2.23. The van der Waals surface area contributed by atoms with E-state index in [0.29, 0.717) is 11.3 Å². The van der Waals surface area contributed by atoms with Crippen molar-refractivity contribution in [3.63, 3.8) is 0 Å². The highest BCUT2D eigenvalue weighted by Gasteiger charge is 2.22. The van der Waals surface area contributed by atoms with E-state index in [4.69, 9.17) is 16.0 Å². The summed E-state index contributed by atoms with van der Waals surface area (Å²) in [6.45, 7) is 3.67. The van der Waals surface area contributed by atoms with E-state index in [9.17, 15) is 4.79 Å². The molecule has 1 aromatic heterocycles. The van der Waals surface area contributed by atoms with Crippen LogP contribution in [0, 0.1) is 13.8 Å². The average molecular weight is 256 g/mol. The number of halogens is 1. The molecule has 3 nitrogen and oxygen atoms in total. The summed E-state index contributed by atoms with van der Waals surface area (Å²) in [7, 11) is 0. The number of carbonyl (C=O) groups is 1. The monoisotopic (exact) mass is 255 g/mol. The van der Waals surface area contributed by atoms with Gasteiger partial charge in [0.1, 0.15) is 11.5 Å². The predicted molar refractivity (Wildman–Crippen MR) is 67.5 cm³/mol. The van der Waals surface area contributed by atoms with Gasteiger partial charge in [0.2, 0.25) is 0 Å². The van der Waals surface area contributed by atoms with Gasteiger partial charge >= 0.3 is 0 Å². The van der Waals surface area contributed by atoms with Crippen LogP contribution < -0.4 is 5.32 Å². The Bertz CT molecular complexity index is 406. The van der Waals surface area contributed by atoms with Crippen LogP contribution >= 0.6 is 11.6 Å². The summed E-state index contributed by atoms with van der Waals surface area (Å²) < 4.78 is 5.36. The second-order valence-corrected chi connectivity index (χ2v) is 5.37. The van der Waals surface area contributed by atoms with E-state index in [0.717, 1.165) is 31.4 Å². The van der Waals surface area contributed by atoms with Crippen LogP contribution in [0.3, 0.4) is 0 Å². The maximum atomic E-state index is 12.0. The lowest BCUT2D eigenvalue weighted by Gasteiger charge is -2.25. The minimum atomic E-state index is -0.0302. The molecule has 0 atom stereocenters. The standard InChI is InChI=1S/C13H18ClNO2/c1-8-7-12(9(2)17-8)13(16)15-11-5-3-10(14)4-6-11/h7,10-11H,3-6H2,1-2H3,(H,15,16). The number of aryl methyl sites for hydroxylation is 2. The molecule has 2 rings (SSSR count). The maximum Gasteiger partial charge on any atom is 0.255 e. The maximum absolute atomic E-state index is 12.0. The van der Waals surface area contributed by atoms with Crippen molar-refractivity contribution in [2.75, 3.05) is 0 Å². The number of alkyl halides is 1. The summed E-state index contributed by atoms with van der Waals surface area (Å²) in [5.41, 5.74) is 0.649. The lowest BCUT2D eigenvalue weighted by Crippen LogP contribution is -2.37. The molecule has 0 unspecified atom stereocenters. The molecule has 1 N–H and O–H groups in total. The zero-order valence-corrected chi connectivity index (χ0v) is 11.0. The smallest absolute Gasteiger partial charge is 0.255 e. The molecule has 0 saturated heterocycles. The normalized spacial score (nSPS) is 24.6. The van der Waals surface area contributed by atoms with Gasteiger partial charge < -0.3 is 9.73 Å². The van der Waals surface area contributed by atoms with Crippen molar-refractivity contribution in [2.24, 2.45) is 0 Å². The molecule has 94 valence electrons. The summed E-state index contributed by atoms with van der Waals surface area (Å²) in [5.74, 6) is 1.43. The molecular formula is C13H18ClNO2. The minimum absolute atomic E-state index is 0.0302. The number of amides is 1. The largest absolute Gasteiger partial charge is 0.466 e. The highest BCUT2D eigenvalue weighted by molar-refractivity contribution is 6.20. The molecule has 17 heavy (non-hydrogen) atoms. The topological polar surface area (TPSA) is 42.2 Å². The van der Waals surface area contributed by atoms with Crippen molar-refractivity contribution < 1.29 is 9.21 Å². The fourth-order valence-electron chi connectivity index (χ4n) is 2.32. The first-order valence-corrected chi connectivity index (χ1v) is 6.52. The summed E-state index contributed by atoms with van der Waals surface area (Å²) in [5, 5.41) is 3.33. The summed E-state index contributed by atoms with van der Waals surface area (Å²) in [4.78, 5) is 12.0. The Morgan fingerprint density at radius 2 is 2.00 bits per heavy atom. The number of hydrogen-bond donors (Lipinski definition) is 1. The van der Waals surface area contributed by atoms with Gasteiger partial charge in [0.05, 0.1) is 5.56 Å². The molecule has 4 heteroatoms. The Labute approximate surface area is 107 Å². The van der Waals surface area contributed by atoms with Gasteiger partial charge in [0.25, 0.3) is 5.91 Å². The first kappa shape index (κ1) is 12.5. The van der Waals surface area contributed by atoms with Crippen molar-refractivity contribution in [2.45, 2.75) is 50.9 Å². The van der Waals surface area contributed by atoms with E-state index in [1.165, 1.54) is 0 Å². The lowest BCUT2D eigenvalue weighted by molar-refractivity contribution is 0.0926. The molecule has 1 aromatic rings. The summed E-state index contributed by atoms with van der Waals surface area (Å²) >= 11 is 6.04. The molecule has 1 saturated carbocycles. The number of hydrogen-bond acceptors (Lipinski definition) is 2. The third kappa shape index (κ3) is 3.03. The van der Waals surface area contributed by atoms with E-state index >= 15 is 0 Å². The molecule has 0 aromatic carbocycles. The molecule has 0 aliphatic heterocycles. The zero-order chi connectivity index (χ0) is 12.4. The SMILES string of the molecule is Cc1cc(C(=O)NC2CCC(Cl)CC2)c(C)o1. The Balaban J connectivity index is 1.95. The van der Waals surface area contributed by atoms with Crippen LogP contribution in [0.4, 0.5) is 0 Å². The van der Waals surface area contributed by atoms with Crippen LogP contribution in [0.25, 0.3) is 0 Å². The van der Waals surface area contributed by atoms with E-state index in [-0.39, 0.29) is 17.3 Å². The van der Waals surface area contributed by atoms with Crippen LogP contribution in [0.2, 0.25) is 0 Å². The molecular weight excluding hydrogens is 238 g/mol. The van der Waals surface area contributed by atoms with Gasteiger partial charge in [0.15, 0.2) is 0 Å². The molecule has 1 amide bonds. The van der Waals surface area contributed by atoms with Gasteiger partial charge in [-0.25, -0.2) is 0 Å². The molecule has 1 aliphatic rings. The molecule has 0 bridgehead atoms. The molecule has 0 spiro atoms. The summed E-state index contributed by atoms with van der Waals surface area (Å²) in [6.07, 6.45) is 3.90. The Kier molecular flexibility index (Phi) is 3.77. The molecule has 1 fully saturated rings. The van der Waals surface area contributed by atoms with Crippen molar-refractivity contribution in [1.29, 1.82) is 0 Å². The van der Waals surface area contributed by atoms with E-state index < -0.39 is 0 Å². The predicted octanol–water partition coefficient (Wildman–Crippen LogP) is 3.18. The molecule has 0 radical (unpaired) electrons. The van der Waals surface area contributed by atoms with Gasteiger partial charge in [-0.1, -0.05) is 0 Å². The third-order valence-corrected chi connectivity index (χ3v) is 3.71.